The van der Waals surface area contributed by atoms with Gasteiger partial charge in [-0.25, -0.2) is 0 Å². The van der Waals surface area contributed by atoms with Crippen LogP contribution in [0.3, 0.4) is 0 Å². The van der Waals surface area contributed by atoms with Crippen LogP contribution in [0.5, 0.6) is 0 Å². The van der Waals surface area contributed by atoms with E-state index in [-0.39, 0.29) is 0 Å². The van der Waals surface area contributed by atoms with Gasteiger partial charge in [-0.15, -0.1) is 0 Å². The van der Waals surface area contributed by atoms with Crippen LogP contribution in [0.4, 0.5) is 5.69 Å². The molecule has 2 saturated heterocycles. The number of rotatable bonds is 4. The molecule has 1 aromatic heterocycles. The summed E-state index contributed by atoms with van der Waals surface area (Å²) < 4.78 is 33.6. The van der Waals surface area contributed by atoms with E-state index in [0.717, 1.165) is 24.2 Å². The Labute approximate surface area is 137 Å². The van der Waals surface area contributed by atoms with E-state index >= 15 is 0 Å². The second-order valence-electron chi connectivity index (χ2n) is 6.02. The number of nitrogens with one attached hydrogen (secondary N) is 1. The van der Waals surface area contributed by atoms with Gasteiger partial charge in [0.1, 0.15) is 0 Å². The van der Waals surface area contributed by atoms with Gasteiger partial charge in [-0.2, -0.15) is 17.0 Å². The molecule has 23 heavy (non-hydrogen) atoms. The van der Waals surface area contributed by atoms with Crippen LogP contribution in [0.25, 0.3) is 0 Å². The maximum absolute atomic E-state index is 12.6. The van der Waals surface area contributed by atoms with E-state index < -0.39 is 10.2 Å². The molecule has 0 aliphatic carbocycles. The van der Waals surface area contributed by atoms with Crippen molar-refractivity contribution in [2.75, 3.05) is 44.7 Å². The lowest BCUT2D eigenvalue weighted by Crippen LogP contribution is -2.51. The Morgan fingerprint density at radius 3 is 2.48 bits per heavy atom. The normalized spacial score (nSPS) is 22.1. The first-order valence-electron chi connectivity index (χ1n) is 8.08. The van der Waals surface area contributed by atoms with Gasteiger partial charge in [-0.05, 0) is 31.9 Å². The fraction of sp³-hybridized carbons (Fsp3) is 0.667. The summed E-state index contributed by atoms with van der Waals surface area (Å²) in [5, 5.41) is 3.48. The average molecular weight is 340 g/mol. The summed E-state index contributed by atoms with van der Waals surface area (Å²) in [6.45, 7) is 4.95. The Kier molecular flexibility index (Phi) is 5.15. The number of nitrogens with zero attached hydrogens (tertiary/aromatic N) is 3. The molecule has 2 aliphatic rings. The average Bonchev–Trinajstić information content (AvgIpc) is 2.56. The molecule has 128 valence electrons. The van der Waals surface area contributed by atoms with Crippen molar-refractivity contribution in [3.63, 3.8) is 0 Å². The van der Waals surface area contributed by atoms with Crippen LogP contribution in [0.1, 0.15) is 18.5 Å². The molecule has 0 unspecified atom stereocenters. The van der Waals surface area contributed by atoms with Gasteiger partial charge in [-0.1, -0.05) is 0 Å². The highest BCUT2D eigenvalue weighted by atomic mass is 32.2. The maximum atomic E-state index is 12.6. The van der Waals surface area contributed by atoms with Crippen molar-refractivity contribution in [3.05, 3.63) is 24.0 Å². The molecule has 3 rings (SSSR count). The first-order valence-corrected chi connectivity index (χ1v) is 9.47. The highest BCUT2D eigenvalue weighted by molar-refractivity contribution is 7.86. The number of aromatic nitrogens is 1. The lowest BCUT2D eigenvalue weighted by Gasteiger charge is -2.36. The number of ether oxygens (including phenoxy) is 1. The molecule has 0 saturated carbocycles. The summed E-state index contributed by atoms with van der Waals surface area (Å²) in [4.78, 5) is 4.19. The van der Waals surface area contributed by atoms with Crippen LogP contribution < -0.4 is 5.32 Å². The largest absolute Gasteiger partial charge is 0.382 e. The van der Waals surface area contributed by atoms with Gasteiger partial charge in [0.25, 0.3) is 10.2 Å². The van der Waals surface area contributed by atoms with Crippen LogP contribution in [0.15, 0.2) is 18.3 Å². The number of pyridine rings is 1. The molecular weight excluding hydrogens is 316 g/mol. The molecule has 0 bridgehead atoms. The molecule has 0 amide bonds. The van der Waals surface area contributed by atoms with Gasteiger partial charge in [-0.3, -0.25) is 4.98 Å². The molecule has 7 nitrogen and oxygen atoms in total. The molecule has 3 heterocycles. The Morgan fingerprint density at radius 2 is 1.83 bits per heavy atom. The van der Waals surface area contributed by atoms with Gasteiger partial charge < -0.3 is 10.1 Å². The minimum atomic E-state index is -3.34. The van der Waals surface area contributed by atoms with Crippen molar-refractivity contribution in [1.82, 2.24) is 13.6 Å². The van der Waals surface area contributed by atoms with Gasteiger partial charge in [0.05, 0.1) is 13.2 Å². The number of anilines is 1. The van der Waals surface area contributed by atoms with E-state index in [9.17, 15) is 8.42 Å². The summed E-state index contributed by atoms with van der Waals surface area (Å²) >= 11 is 0. The third kappa shape index (κ3) is 4.00. The second-order valence-corrected chi connectivity index (χ2v) is 7.95. The molecule has 1 N–H and O–H groups in total. The molecule has 0 aromatic carbocycles. The van der Waals surface area contributed by atoms with Gasteiger partial charge in [0.2, 0.25) is 0 Å². The highest BCUT2D eigenvalue weighted by Gasteiger charge is 2.33. The number of piperidine rings is 1. The monoisotopic (exact) mass is 340 g/mol. The van der Waals surface area contributed by atoms with E-state index in [2.05, 4.69) is 10.3 Å². The maximum Gasteiger partial charge on any atom is 0.282 e. The molecule has 8 heteroatoms. The molecule has 0 atom stereocenters. The zero-order valence-corrected chi connectivity index (χ0v) is 14.3. The summed E-state index contributed by atoms with van der Waals surface area (Å²) in [5.41, 5.74) is 2.02. The fourth-order valence-corrected chi connectivity index (χ4v) is 4.65. The van der Waals surface area contributed by atoms with Crippen molar-refractivity contribution in [2.24, 2.45) is 0 Å². The zero-order valence-electron chi connectivity index (χ0n) is 13.4. The smallest absolute Gasteiger partial charge is 0.282 e. The van der Waals surface area contributed by atoms with Crippen LogP contribution in [-0.4, -0.2) is 67.4 Å². The fourth-order valence-electron chi connectivity index (χ4n) is 3.04. The molecule has 0 radical (unpaired) electrons. The Morgan fingerprint density at radius 1 is 1.17 bits per heavy atom. The van der Waals surface area contributed by atoms with Crippen molar-refractivity contribution >= 4 is 15.9 Å². The standard InChI is InChI=1S/C15H24N4O3S/c1-13-12-15(2-5-16-13)17-14-3-6-18(7-4-14)23(20,21)19-8-10-22-11-9-19/h2,5,12,14H,3-4,6-11H2,1H3,(H,16,17). The summed E-state index contributed by atoms with van der Waals surface area (Å²) in [5.74, 6) is 0. The Bertz CT molecular complexity index is 623. The predicted octanol–water partition coefficient (Wildman–Crippen LogP) is 0.843. The number of aryl methyl sites for hydroxylation is 1. The van der Waals surface area contributed by atoms with E-state index in [1.165, 1.54) is 4.31 Å². The lowest BCUT2D eigenvalue weighted by atomic mass is 10.1. The van der Waals surface area contributed by atoms with Gasteiger partial charge >= 0.3 is 0 Å². The number of morpholine rings is 1. The number of hydrogen-bond donors (Lipinski definition) is 1. The van der Waals surface area contributed by atoms with Crippen LogP contribution in [0, 0.1) is 6.92 Å². The Hall–Kier alpha value is -1.22. The molecule has 2 aliphatic heterocycles. The first kappa shape index (κ1) is 16.6. The van der Waals surface area contributed by atoms with Crippen molar-refractivity contribution < 1.29 is 13.2 Å². The van der Waals surface area contributed by atoms with Crippen molar-refractivity contribution in [2.45, 2.75) is 25.8 Å². The topological polar surface area (TPSA) is 74.8 Å². The first-order chi connectivity index (χ1) is 11.1. The second kappa shape index (κ2) is 7.12. The molecule has 2 fully saturated rings. The minimum absolute atomic E-state index is 0.299. The van der Waals surface area contributed by atoms with Crippen LogP contribution in [0.2, 0.25) is 0 Å². The highest BCUT2D eigenvalue weighted by Crippen LogP contribution is 2.21. The van der Waals surface area contributed by atoms with Gasteiger partial charge in [0, 0.05) is 49.8 Å². The number of hydrogen-bond acceptors (Lipinski definition) is 5. The zero-order chi connectivity index (χ0) is 16.3. The van der Waals surface area contributed by atoms with E-state index in [1.807, 2.05) is 19.1 Å². The SMILES string of the molecule is Cc1cc(NC2CCN(S(=O)(=O)N3CCOCC3)CC2)ccn1. The van der Waals surface area contributed by atoms with E-state index in [0.29, 0.717) is 45.4 Å². The van der Waals surface area contributed by atoms with Crippen LogP contribution in [-0.2, 0) is 14.9 Å². The van der Waals surface area contributed by atoms with E-state index in [1.54, 1.807) is 10.5 Å². The van der Waals surface area contributed by atoms with Crippen molar-refractivity contribution in [3.8, 4) is 0 Å². The third-order valence-corrected chi connectivity index (χ3v) is 6.38. The third-order valence-electron chi connectivity index (χ3n) is 4.34. The summed E-state index contributed by atoms with van der Waals surface area (Å²) in [6, 6.07) is 4.26. The predicted molar refractivity (Wildman–Crippen MR) is 88.5 cm³/mol. The lowest BCUT2D eigenvalue weighted by molar-refractivity contribution is 0.0697. The quantitative estimate of drug-likeness (QED) is 0.879. The molecular formula is C15H24N4O3S. The minimum Gasteiger partial charge on any atom is -0.382 e. The summed E-state index contributed by atoms with van der Waals surface area (Å²) in [7, 11) is -3.34. The summed E-state index contributed by atoms with van der Waals surface area (Å²) in [6.07, 6.45) is 3.41. The Balaban J connectivity index is 1.55. The molecule has 1 aromatic rings. The van der Waals surface area contributed by atoms with Crippen molar-refractivity contribution in [1.29, 1.82) is 0 Å². The van der Waals surface area contributed by atoms with Crippen LogP contribution >= 0.6 is 0 Å². The van der Waals surface area contributed by atoms with E-state index in [4.69, 9.17) is 4.74 Å². The van der Waals surface area contributed by atoms with Gasteiger partial charge in [0.15, 0.2) is 0 Å². The molecule has 0 spiro atoms.